The summed E-state index contributed by atoms with van der Waals surface area (Å²) in [6.45, 7) is 1.88. The number of ether oxygens (including phenoxy) is 1. The Kier molecular flexibility index (Phi) is 6.15. The van der Waals surface area contributed by atoms with Gasteiger partial charge >= 0.3 is 5.97 Å². The maximum absolute atomic E-state index is 12.4. The van der Waals surface area contributed by atoms with Gasteiger partial charge in [-0.25, -0.2) is 12.7 Å². The number of halogens is 1. The summed E-state index contributed by atoms with van der Waals surface area (Å²) in [6, 6.07) is 5.85. The lowest BCUT2D eigenvalue weighted by molar-refractivity contribution is -0.143. The van der Waals surface area contributed by atoms with Crippen LogP contribution in [0.5, 0.6) is 0 Å². The van der Waals surface area contributed by atoms with Crippen molar-refractivity contribution in [2.45, 2.75) is 18.2 Å². The Labute approximate surface area is 128 Å². The maximum Gasteiger partial charge on any atom is 0.307 e. The fraction of sp³-hybridized carbons (Fsp3) is 0.385. The van der Waals surface area contributed by atoms with Crippen molar-refractivity contribution in [2.75, 3.05) is 20.2 Å². The minimum atomic E-state index is -3.87. The molecule has 6 nitrogen and oxygen atoms in total. The van der Waals surface area contributed by atoms with E-state index in [1.54, 1.807) is 6.92 Å². The quantitative estimate of drug-likeness (QED) is 0.742. The molecule has 0 aliphatic rings. The molecule has 0 aromatic heterocycles. The van der Waals surface area contributed by atoms with Crippen LogP contribution in [0.4, 0.5) is 0 Å². The van der Waals surface area contributed by atoms with Crippen molar-refractivity contribution in [2.24, 2.45) is 0 Å². The Balaban J connectivity index is 2.95. The monoisotopic (exact) mass is 330 g/mol. The summed E-state index contributed by atoms with van der Waals surface area (Å²) in [4.78, 5) is 11.1. The third-order valence-electron chi connectivity index (χ3n) is 2.68. The molecule has 114 valence electrons. The van der Waals surface area contributed by atoms with Crippen LogP contribution in [0.25, 0.3) is 0 Å². The first kappa shape index (κ1) is 17.4. The highest BCUT2D eigenvalue weighted by atomic mass is 35.5. The van der Waals surface area contributed by atoms with Crippen molar-refractivity contribution in [1.82, 2.24) is 4.31 Å². The largest absolute Gasteiger partial charge is 0.466 e. The molecule has 0 atom stereocenters. The smallest absolute Gasteiger partial charge is 0.307 e. The molecule has 21 heavy (non-hydrogen) atoms. The predicted molar refractivity (Wildman–Crippen MR) is 77.2 cm³/mol. The summed E-state index contributed by atoms with van der Waals surface area (Å²) in [7, 11) is -2.53. The predicted octanol–water partition coefficient (Wildman–Crippen LogP) is 1.79. The van der Waals surface area contributed by atoms with Gasteiger partial charge in [-0.1, -0.05) is 11.6 Å². The van der Waals surface area contributed by atoms with E-state index in [1.165, 1.54) is 25.2 Å². The first-order valence-electron chi connectivity index (χ1n) is 6.14. The molecular weight excluding hydrogens is 316 g/mol. The van der Waals surface area contributed by atoms with E-state index in [0.29, 0.717) is 0 Å². The molecule has 0 saturated heterocycles. The number of hydrogen-bond donors (Lipinski definition) is 0. The number of sulfonamides is 1. The summed E-state index contributed by atoms with van der Waals surface area (Å²) in [5.74, 6) is -0.476. The van der Waals surface area contributed by atoms with E-state index < -0.39 is 16.0 Å². The molecule has 0 spiro atoms. The van der Waals surface area contributed by atoms with Gasteiger partial charge in [-0.05, 0) is 25.1 Å². The fourth-order valence-electron chi connectivity index (χ4n) is 1.54. The van der Waals surface area contributed by atoms with Gasteiger partial charge in [0.05, 0.1) is 29.7 Å². The lowest BCUT2D eigenvalue weighted by Crippen LogP contribution is -2.29. The molecule has 8 heteroatoms. The van der Waals surface area contributed by atoms with Crippen LogP contribution >= 0.6 is 11.6 Å². The summed E-state index contributed by atoms with van der Waals surface area (Å²) in [5, 5.41) is 8.85. The molecule has 0 saturated carbocycles. The van der Waals surface area contributed by atoms with Crippen LogP contribution in [-0.4, -0.2) is 38.9 Å². The Morgan fingerprint density at radius 3 is 2.71 bits per heavy atom. The third kappa shape index (κ3) is 4.43. The maximum atomic E-state index is 12.4. The number of rotatable bonds is 6. The van der Waals surface area contributed by atoms with E-state index in [1.807, 2.05) is 6.07 Å². The van der Waals surface area contributed by atoms with Crippen LogP contribution in [0.1, 0.15) is 18.9 Å². The molecule has 1 aromatic carbocycles. The van der Waals surface area contributed by atoms with Gasteiger partial charge in [0.25, 0.3) is 0 Å². The summed E-state index contributed by atoms with van der Waals surface area (Å²) in [5.41, 5.74) is 0.191. The Morgan fingerprint density at radius 1 is 1.48 bits per heavy atom. The third-order valence-corrected chi connectivity index (χ3v) is 5.02. The molecule has 0 radical (unpaired) electrons. The molecule has 0 aliphatic heterocycles. The molecule has 0 aliphatic carbocycles. The number of hydrogen-bond acceptors (Lipinski definition) is 5. The van der Waals surface area contributed by atoms with Crippen molar-refractivity contribution in [3.05, 3.63) is 28.8 Å². The second-order valence-corrected chi connectivity index (χ2v) is 6.56. The van der Waals surface area contributed by atoms with E-state index in [0.717, 1.165) is 4.31 Å². The van der Waals surface area contributed by atoms with Gasteiger partial charge < -0.3 is 4.74 Å². The lowest BCUT2D eigenvalue weighted by atomic mass is 10.2. The van der Waals surface area contributed by atoms with E-state index in [-0.39, 0.29) is 35.1 Å². The van der Waals surface area contributed by atoms with Crippen LogP contribution in [0.2, 0.25) is 5.02 Å². The van der Waals surface area contributed by atoms with Crippen molar-refractivity contribution < 1.29 is 17.9 Å². The van der Waals surface area contributed by atoms with E-state index in [4.69, 9.17) is 21.6 Å². The molecule has 1 aromatic rings. The molecule has 0 unspecified atom stereocenters. The normalized spacial score (nSPS) is 11.2. The van der Waals surface area contributed by atoms with E-state index in [2.05, 4.69) is 0 Å². The second kappa shape index (κ2) is 7.41. The zero-order valence-electron chi connectivity index (χ0n) is 11.7. The van der Waals surface area contributed by atoms with Crippen LogP contribution in [-0.2, 0) is 19.6 Å². The van der Waals surface area contributed by atoms with Crippen LogP contribution < -0.4 is 0 Å². The van der Waals surface area contributed by atoms with Gasteiger partial charge in [-0.2, -0.15) is 5.26 Å². The number of nitrogens with zero attached hydrogens (tertiary/aromatic N) is 2. The molecule has 0 N–H and O–H groups in total. The summed E-state index contributed by atoms with van der Waals surface area (Å²) >= 11 is 5.89. The number of carbonyl (C=O) groups excluding carboxylic acids is 1. The SMILES string of the molecule is CCOC(=O)CCN(C)S(=O)(=O)c1cc(C#N)ccc1Cl. The number of nitriles is 1. The first-order chi connectivity index (χ1) is 9.82. The van der Waals surface area contributed by atoms with Gasteiger partial charge in [0.1, 0.15) is 4.90 Å². The van der Waals surface area contributed by atoms with Crippen molar-refractivity contribution in [3.8, 4) is 6.07 Å². The minimum absolute atomic E-state index is 0.0250. The molecule has 0 heterocycles. The average Bonchev–Trinajstić information content (AvgIpc) is 2.45. The van der Waals surface area contributed by atoms with Crippen molar-refractivity contribution >= 4 is 27.6 Å². The van der Waals surface area contributed by atoms with Gasteiger partial charge in [0.2, 0.25) is 10.0 Å². The topological polar surface area (TPSA) is 87.5 Å². The second-order valence-electron chi connectivity index (χ2n) is 4.14. The summed E-state index contributed by atoms with van der Waals surface area (Å²) in [6.07, 6.45) is -0.0564. The molecular formula is C13H15ClN2O4S. The highest BCUT2D eigenvalue weighted by Crippen LogP contribution is 2.25. The number of benzene rings is 1. The molecule has 1 rings (SSSR count). The summed E-state index contributed by atoms with van der Waals surface area (Å²) < 4.78 is 30.5. The zero-order chi connectivity index (χ0) is 16.0. The number of carbonyl (C=O) groups is 1. The van der Waals surface area contributed by atoms with Gasteiger partial charge in [-0.15, -0.1) is 0 Å². The highest BCUT2D eigenvalue weighted by molar-refractivity contribution is 7.89. The van der Waals surface area contributed by atoms with Crippen LogP contribution in [0.3, 0.4) is 0 Å². The van der Waals surface area contributed by atoms with E-state index >= 15 is 0 Å². The first-order valence-corrected chi connectivity index (χ1v) is 7.96. The molecule has 0 amide bonds. The van der Waals surface area contributed by atoms with Crippen LogP contribution in [0, 0.1) is 11.3 Å². The van der Waals surface area contributed by atoms with E-state index in [9.17, 15) is 13.2 Å². The van der Waals surface area contributed by atoms with Crippen LogP contribution in [0.15, 0.2) is 23.1 Å². The van der Waals surface area contributed by atoms with Gasteiger partial charge in [-0.3, -0.25) is 4.79 Å². The Morgan fingerprint density at radius 2 is 2.14 bits per heavy atom. The number of esters is 1. The van der Waals surface area contributed by atoms with Crippen molar-refractivity contribution in [3.63, 3.8) is 0 Å². The lowest BCUT2D eigenvalue weighted by Gasteiger charge is -2.17. The van der Waals surface area contributed by atoms with Gasteiger partial charge in [0.15, 0.2) is 0 Å². The average molecular weight is 331 g/mol. The Hall–Kier alpha value is -1.62. The Bertz CT molecular complexity index is 667. The standard InChI is InChI=1S/C13H15ClN2O4S/c1-3-20-13(17)6-7-16(2)21(18,19)12-8-10(9-15)4-5-11(12)14/h4-5,8H,3,6-7H2,1-2H3. The molecule has 0 fully saturated rings. The molecule has 0 bridgehead atoms. The van der Waals surface area contributed by atoms with Gasteiger partial charge in [0, 0.05) is 13.6 Å². The minimum Gasteiger partial charge on any atom is -0.466 e. The fourth-order valence-corrected chi connectivity index (χ4v) is 3.21. The highest BCUT2D eigenvalue weighted by Gasteiger charge is 2.24. The van der Waals surface area contributed by atoms with Crippen molar-refractivity contribution in [1.29, 1.82) is 5.26 Å². The zero-order valence-corrected chi connectivity index (χ0v) is 13.2.